The van der Waals surface area contributed by atoms with Crippen LogP contribution in [0.2, 0.25) is 0 Å². The second-order valence-electron chi connectivity index (χ2n) is 9.87. The van der Waals surface area contributed by atoms with Gasteiger partial charge in [-0.1, -0.05) is 23.5 Å². The number of aromatic nitrogens is 1. The third-order valence-corrected chi connectivity index (χ3v) is 7.46. The van der Waals surface area contributed by atoms with Crippen molar-refractivity contribution in [3.8, 4) is 0 Å². The average molecular weight is 467 g/mol. The van der Waals surface area contributed by atoms with E-state index < -0.39 is 5.60 Å². The van der Waals surface area contributed by atoms with Crippen molar-refractivity contribution in [2.24, 2.45) is 0 Å². The third-order valence-electron chi connectivity index (χ3n) is 6.44. The Balaban J connectivity index is 1.36. The number of thiazole rings is 1. The molecule has 0 saturated carbocycles. The Bertz CT molecular complexity index is 1320. The molecule has 33 heavy (non-hydrogen) atoms. The van der Waals surface area contributed by atoms with Gasteiger partial charge in [-0.2, -0.15) is 0 Å². The first-order chi connectivity index (χ1) is 15.8. The number of anilines is 1. The van der Waals surface area contributed by atoms with Gasteiger partial charge in [0.2, 0.25) is 0 Å². The molecule has 1 N–H and O–H groups in total. The minimum Gasteiger partial charge on any atom is -0.460 e. The van der Waals surface area contributed by atoms with Crippen molar-refractivity contribution in [3.05, 3.63) is 29.5 Å². The smallest absolute Gasteiger partial charge is 0.410 e. The number of nitrogens with one attached hydrogen (secondary N) is 1. The molecule has 3 amide bonds. The largest absolute Gasteiger partial charge is 0.460 e. The Kier molecular flexibility index (Phi) is 4.49. The van der Waals surface area contributed by atoms with Crippen molar-refractivity contribution in [1.29, 1.82) is 0 Å². The maximum atomic E-state index is 13.0. The van der Waals surface area contributed by atoms with Crippen LogP contribution in [0.5, 0.6) is 0 Å². The van der Waals surface area contributed by atoms with Gasteiger partial charge in [0.05, 0.1) is 27.7 Å². The molecule has 2 atom stereocenters. The van der Waals surface area contributed by atoms with Crippen LogP contribution in [0, 0.1) is 0 Å². The second-order valence-corrected chi connectivity index (χ2v) is 10.9. The molecule has 9 heteroatoms. The van der Waals surface area contributed by atoms with Gasteiger partial charge in [-0.05, 0) is 45.7 Å². The van der Waals surface area contributed by atoms with Crippen LogP contribution in [0.4, 0.5) is 14.7 Å². The summed E-state index contributed by atoms with van der Waals surface area (Å²) in [6.07, 6.45) is 6.47. The summed E-state index contributed by atoms with van der Waals surface area (Å²) in [6.45, 7) is 6.54. The van der Waals surface area contributed by atoms with Crippen molar-refractivity contribution < 1.29 is 18.7 Å². The van der Waals surface area contributed by atoms with Crippen molar-refractivity contribution >= 4 is 55.9 Å². The van der Waals surface area contributed by atoms with E-state index in [-0.39, 0.29) is 24.2 Å². The molecule has 3 aliphatic rings. The molecule has 2 aromatic heterocycles. The van der Waals surface area contributed by atoms with Gasteiger partial charge >= 0.3 is 12.1 Å². The number of carbonyl (C=O) groups is 2. The number of hydrogen-bond acceptors (Lipinski definition) is 6. The Labute approximate surface area is 195 Å². The number of benzene rings is 1. The summed E-state index contributed by atoms with van der Waals surface area (Å²) in [4.78, 5) is 34.0. The number of hydrogen-bond donors (Lipinski definition) is 1. The zero-order valence-electron chi connectivity index (χ0n) is 18.9. The highest BCUT2D eigenvalue weighted by molar-refractivity contribution is 7.22. The number of amides is 3. The summed E-state index contributed by atoms with van der Waals surface area (Å²) < 4.78 is 12.7. The SMILES string of the molecule is CC(C)(C)OC(=O)N1CCC2NC(=O)N(c3nc4c(ccc5oc6c(c54)C=CCC6)s3)C2C1. The number of likely N-dealkylation sites (tertiary alicyclic amines) is 1. The molecule has 2 aliphatic heterocycles. The van der Waals surface area contributed by atoms with Gasteiger partial charge in [0.1, 0.15) is 16.9 Å². The number of carbonyl (C=O) groups excluding carboxylic acids is 2. The van der Waals surface area contributed by atoms with Crippen LogP contribution in [0.3, 0.4) is 0 Å². The molecule has 3 aromatic rings. The predicted octanol–water partition coefficient (Wildman–Crippen LogP) is 4.91. The highest BCUT2D eigenvalue weighted by Gasteiger charge is 2.46. The first-order valence-electron chi connectivity index (χ1n) is 11.4. The van der Waals surface area contributed by atoms with Crippen LogP contribution in [0.1, 0.15) is 44.9 Å². The lowest BCUT2D eigenvalue weighted by Gasteiger charge is -2.37. The lowest BCUT2D eigenvalue weighted by atomic mass is 10.0. The van der Waals surface area contributed by atoms with Crippen molar-refractivity contribution in [1.82, 2.24) is 15.2 Å². The molecule has 1 aliphatic carbocycles. The van der Waals surface area contributed by atoms with Crippen molar-refractivity contribution in [2.45, 2.75) is 57.7 Å². The molecule has 6 rings (SSSR count). The van der Waals surface area contributed by atoms with E-state index in [1.54, 1.807) is 9.80 Å². The van der Waals surface area contributed by atoms with E-state index in [2.05, 4.69) is 17.5 Å². The normalized spacial score (nSPS) is 22.6. The molecule has 0 spiro atoms. The Morgan fingerprint density at radius 1 is 1.33 bits per heavy atom. The fraction of sp³-hybridized carbons (Fsp3) is 0.458. The van der Waals surface area contributed by atoms with Crippen LogP contribution >= 0.6 is 11.3 Å². The van der Waals surface area contributed by atoms with Crippen LogP contribution in [-0.2, 0) is 11.2 Å². The minimum absolute atomic E-state index is 0.0205. The van der Waals surface area contributed by atoms with Crippen LogP contribution in [0.25, 0.3) is 27.3 Å². The topological polar surface area (TPSA) is 87.9 Å². The number of fused-ring (bicyclic) bond motifs is 6. The Hall–Kier alpha value is -3.07. The van der Waals surface area contributed by atoms with E-state index in [0.29, 0.717) is 24.6 Å². The van der Waals surface area contributed by atoms with Crippen molar-refractivity contribution in [3.63, 3.8) is 0 Å². The number of allylic oxidation sites excluding steroid dienone is 1. The highest BCUT2D eigenvalue weighted by atomic mass is 32.1. The molecule has 0 radical (unpaired) electrons. The summed E-state index contributed by atoms with van der Waals surface area (Å²) in [5.41, 5.74) is 2.22. The molecule has 2 saturated heterocycles. The van der Waals surface area contributed by atoms with E-state index in [4.69, 9.17) is 14.1 Å². The summed E-state index contributed by atoms with van der Waals surface area (Å²) in [5.74, 6) is 0.994. The summed E-state index contributed by atoms with van der Waals surface area (Å²) in [6, 6.07) is 3.63. The molecule has 2 fully saturated rings. The number of ether oxygens (including phenoxy) is 1. The summed E-state index contributed by atoms with van der Waals surface area (Å²) in [7, 11) is 0. The van der Waals surface area contributed by atoms with E-state index in [9.17, 15) is 9.59 Å². The number of rotatable bonds is 1. The van der Waals surface area contributed by atoms with Crippen LogP contribution in [-0.4, -0.2) is 52.8 Å². The van der Waals surface area contributed by atoms with Gasteiger partial charge < -0.3 is 19.4 Å². The monoisotopic (exact) mass is 466 g/mol. The van der Waals surface area contributed by atoms with E-state index in [1.807, 2.05) is 32.9 Å². The number of aryl methyl sites for hydroxylation is 1. The lowest BCUT2D eigenvalue weighted by Crippen LogP contribution is -2.54. The average Bonchev–Trinajstić information content (AvgIpc) is 3.42. The first kappa shape index (κ1) is 20.5. The van der Waals surface area contributed by atoms with Gasteiger partial charge in [0.15, 0.2) is 5.13 Å². The fourth-order valence-electron chi connectivity index (χ4n) is 4.98. The number of nitrogens with zero attached hydrogens (tertiary/aromatic N) is 3. The molecule has 172 valence electrons. The molecule has 2 unspecified atom stereocenters. The molecule has 1 aromatic carbocycles. The maximum Gasteiger partial charge on any atom is 0.410 e. The molecular weight excluding hydrogens is 440 g/mol. The van der Waals surface area contributed by atoms with Crippen LogP contribution in [0.15, 0.2) is 22.6 Å². The molecular formula is C24H26N4O4S. The van der Waals surface area contributed by atoms with Gasteiger partial charge in [0.25, 0.3) is 0 Å². The zero-order chi connectivity index (χ0) is 22.9. The van der Waals surface area contributed by atoms with Gasteiger partial charge in [-0.3, -0.25) is 4.90 Å². The van der Waals surface area contributed by atoms with E-state index >= 15 is 0 Å². The second kappa shape index (κ2) is 7.21. The lowest BCUT2D eigenvalue weighted by molar-refractivity contribution is 0.0192. The summed E-state index contributed by atoms with van der Waals surface area (Å²) in [5, 5.41) is 4.74. The van der Waals surface area contributed by atoms with Gasteiger partial charge in [0, 0.05) is 25.1 Å². The molecule has 8 nitrogen and oxygen atoms in total. The maximum absolute atomic E-state index is 13.0. The highest BCUT2D eigenvalue weighted by Crippen LogP contribution is 2.41. The van der Waals surface area contributed by atoms with Crippen LogP contribution < -0.4 is 10.2 Å². The van der Waals surface area contributed by atoms with Gasteiger partial charge in [-0.15, -0.1) is 0 Å². The predicted molar refractivity (Wildman–Crippen MR) is 128 cm³/mol. The van der Waals surface area contributed by atoms with E-state index in [1.165, 1.54) is 11.3 Å². The Morgan fingerprint density at radius 2 is 2.18 bits per heavy atom. The standard InChI is InChI=1S/C24H26N4O4S/c1-24(2,3)32-23(30)27-11-10-14-15(12-27)28(21(29)25-14)22-26-20-18(33-22)9-8-17-19(20)13-6-4-5-7-16(13)31-17/h4,6,8-9,14-15H,5,7,10-12H2,1-3H3,(H,25,29). The number of piperidine rings is 1. The molecule has 0 bridgehead atoms. The third kappa shape index (κ3) is 3.37. The Morgan fingerprint density at radius 3 is 3.00 bits per heavy atom. The summed E-state index contributed by atoms with van der Waals surface area (Å²) >= 11 is 1.50. The first-order valence-corrected chi connectivity index (χ1v) is 12.2. The van der Waals surface area contributed by atoms with Gasteiger partial charge in [-0.25, -0.2) is 14.6 Å². The zero-order valence-corrected chi connectivity index (χ0v) is 19.7. The number of urea groups is 1. The molecule has 4 heterocycles. The quantitative estimate of drug-likeness (QED) is 0.551. The van der Waals surface area contributed by atoms with Crippen molar-refractivity contribution in [2.75, 3.05) is 18.0 Å². The fourth-order valence-corrected chi connectivity index (χ4v) is 6.01. The minimum atomic E-state index is -0.562. The van der Waals surface area contributed by atoms with E-state index in [0.717, 1.165) is 45.4 Å². The number of furan rings is 1.